The summed E-state index contributed by atoms with van der Waals surface area (Å²) in [5.41, 5.74) is 3.14. The molecule has 2 N–H and O–H groups in total. The lowest BCUT2D eigenvalue weighted by molar-refractivity contribution is 0.466. The van der Waals surface area contributed by atoms with Crippen molar-refractivity contribution in [2.75, 3.05) is 31.5 Å². The van der Waals surface area contributed by atoms with Gasteiger partial charge in [0, 0.05) is 31.9 Å². The highest BCUT2D eigenvalue weighted by Crippen LogP contribution is 2.15. The maximum Gasteiger partial charge on any atom is 0.279 e. The number of rotatable bonds is 7. The van der Waals surface area contributed by atoms with Gasteiger partial charge in [0.05, 0.1) is 5.69 Å². The van der Waals surface area contributed by atoms with Crippen molar-refractivity contribution in [2.45, 2.75) is 33.6 Å². The molecule has 142 valence electrons. The summed E-state index contributed by atoms with van der Waals surface area (Å²) < 4.78 is 30.0. The summed E-state index contributed by atoms with van der Waals surface area (Å²) in [6, 6.07) is 3.64. The molecule has 2 aromatic rings. The van der Waals surface area contributed by atoms with Crippen molar-refractivity contribution in [3.63, 3.8) is 0 Å². The summed E-state index contributed by atoms with van der Waals surface area (Å²) in [6.45, 7) is 7.91. The fraction of sp³-hybridized carbons (Fsp3) is 0.562. The van der Waals surface area contributed by atoms with Crippen LogP contribution in [0.1, 0.15) is 29.8 Å². The van der Waals surface area contributed by atoms with Gasteiger partial charge in [-0.05, 0) is 51.3 Å². The van der Waals surface area contributed by atoms with Crippen LogP contribution in [-0.2, 0) is 10.2 Å². The van der Waals surface area contributed by atoms with E-state index in [0.29, 0.717) is 37.8 Å². The summed E-state index contributed by atoms with van der Waals surface area (Å²) in [7, 11) is -3.37. The molecular formula is C16H25N7O2S. The normalized spacial score (nSPS) is 15.5. The maximum atomic E-state index is 12.1. The van der Waals surface area contributed by atoms with E-state index >= 15 is 0 Å². The van der Waals surface area contributed by atoms with Crippen molar-refractivity contribution in [3.8, 4) is 5.82 Å². The molecule has 0 atom stereocenters. The quantitative estimate of drug-likeness (QED) is 0.694. The zero-order valence-electron chi connectivity index (χ0n) is 15.4. The van der Waals surface area contributed by atoms with Crippen molar-refractivity contribution < 1.29 is 8.42 Å². The predicted molar refractivity (Wildman–Crippen MR) is 99.6 cm³/mol. The molecule has 3 rings (SSSR count). The first kappa shape index (κ1) is 18.7. The third-order valence-electron chi connectivity index (χ3n) is 4.64. The number of nitrogens with one attached hydrogen (secondary N) is 2. The second-order valence-corrected chi connectivity index (χ2v) is 8.17. The Morgan fingerprint density at radius 3 is 2.38 bits per heavy atom. The van der Waals surface area contributed by atoms with Crippen LogP contribution in [0.4, 0.5) is 5.82 Å². The number of hydrogen-bond acceptors (Lipinski definition) is 6. The first-order valence-corrected chi connectivity index (χ1v) is 10.2. The van der Waals surface area contributed by atoms with Crippen LogP contribution in [0, 0.1) is 20.8 Å². The maximum absolute atomic E-state index is 12.1. The van der Waals surface area contributed by atoms with Crippen molar-refractivity contribution in [1.82, 2.24) is 29.0 Å². The Bertz CT molecular complexity index is 855. The van der Waals surface area contributed by atoms with Gasteiger partial charge in [-0.1, -0.05) is 0 Å². The van der Waals surface area contributed by atoms with Gasteiger partial charge in [-0.15, -0.1) is 10.2 Å². The number of aromatic nitrogens is 4. The zero-order chi connectivity index (χ0) is 18.7. The lowest BCUT2D eigenvalue weighted by Crippen LogP contribution is -2.40. The molecule has 0 radical (unpaired) electrons. The smallest absolute Gasteiger partial charge is 0.279 e. The molecule has 2 aromatic heterocycles. The molecule has 0 aromatic carbocycles. The molecule has 0 saturated carbocycles. The third-order valence-corrected chi connectivity index (χ3v) is 6.26. The standard InChI is InChI=1S/C16H25N7O2S/c1-12-13(2)21-23(14(12)3)16-7-6-15(19-20-16)17-8-9-18-26(24,25)22-10-4-5-11-22/h6-7,18H,4-5,8-11H2,1-3H3,(H,17,19). The van der Waals surface area contributed by atoms with Gasteiger partial charge >= 0.3 is 0 Å². The molecule has 10 heteroatoms. The minimum absolute atomic E-state index is 0.291. The minimum Gasteiger partial charge on any atom is -0.367 e. The average Bonchev–Trinajstić information content (AvgIpc) is 3.25. The highest BCUT2D eigenvalue weighted by molar-refractivity contribution is 7.87. The van der Waals surface area contributed by atoms with E-state index in [2.05, 4.69) is 25.3 Å². The van der Waals surface area contributed by atoms with Gasteiger partial charge in [0.1, 0.15) is 5.82 Å². The Labute approximate surface area is 154 Å². The molecule has 0 spiro atoms. The number of aryl methyl sites for hydroxylation is 1. The summed E-state index contributed by atoms with van der Waals surface area (Å²) in [5.74, 6) is 1.24. The number of hydrogen-bond donors (Lipinski definition) is 2. The Morgan fingerprint density at radius 2 is 1.81 bits per heavy atom. The molecule has 0 unspecified atom stereocenters. The molecule has 9 nitrogen and oxygen atoms in total. The van der Waals surface area contributed by atoms with Crippen molar-refractivity contribution in [2.24, 2.45) is 0 Å². The van der Waals surface area contributed by atoms with Gasteiger partial charge in [-0.25, -0.2) is 9.40 Å². The van der Waals surface area contributed by atoms with Crippen LogP contribution in [0.25, 0.3) is 5.82 Å². The Kier molecular flexibility index (Phi) is 5.54. The van der Waals surface area contributed by atoms with Gasteiger partial charge in [0.25, 0.3) is 10.2 Å². The SMILES string of the molecule is Cc1nn(-c2ccc(NCCNS(=O)(=O)N3CCCC3)nn2)c(C)c1C. The van der Waals surface area contributed by atoms with Gasteiger partial charge in [0.2, 0.25) is 0 Å². The van der Waals surface area contributed by atoms with Crippen LogP contribution >= 0.6 is 0 Å². The Morgan fingerprint density at radius 1 is 1.08 bits per heavy atom. The summed E-state index contributed by atoms with van der Waals surface area (Å²) in [5, 5.41) is 15.9. The number of nitrogens with zero attached hydrogens (tertiary/aromatic N) is 5. The average molecular weight is 379 g/mol. The van der Waals surface area contributed by atoms with Gasteiger partial charge in [-0.3, -0.25) is 0 Å². The third kappa shape index (κ3) is 4.02. The van der Waals surface area contributed by atoms with Crippen molar-refractivity contribution in [3.05, 3.63) is 29.1 Å². The Hall–Kier alpha value is -2.04. The molecular weight excluding hydrogens is 354 g/mol. The van der Waals surface area contributed by atoms with Crippen LogP contribution in [0.15, 0.2) is 12.1 Å². The van der Waals surface area contributed by atoms with E-state index in [0.717, 1.165) is 29.8 Å². The van der Waals surface area contributed by atoms with Crippen LogP contribution in [-0.4, -0.2) is 58.9 Å². The molecule has 1 aliphatic rings. The zero-order valence-corrected chi connectivity index (χ0v) is 16.2. The van der Waals surface area contributed by atoms with Gasteiger partial charge in [0.15, 0.2) is 5.82 Å². The van der Waals surface area contributed by atoms with E-state index in [1.54, 1.807) is 4.68 Å². The summed E-state index contributed by atoms with van der Waals surface area (Å²) >= 11 is 0. The summed E-state index contributed by atoms with van der Waals surface area (Å²) in [4.78, 5) is 0. The molecule has 1 fully saturated rings. The first-order valence-electron chi connectivity index (χ1n) is 8.74. The monoisotopic (exact) mass is 379 g/mol. The number of anilines is 1. The molecule has 26 heavy (non-hydrogen) atoms. The first-order chi connectivity index (χ1) is 12.4. The fourth-order valence-electron chi connectivity index (χ4n) is 2.87. The second kappa shape index (κ2) is 7.68. The summed E-state index contributed by atoms with van der Waals surface area (Å²) in [6.07, 6.45) is 1.85. The van der Waals surface area contributed by atoms with Crippen LogP contribution in [0.2, 0.25) is 0 Å². The van der Waals surface area contributed by atoms with E-state index in [9.17, 15) is 8.42 Å². The fourth-order valence-corrected chi connectivity index (χ4v) is 4.15. The van der Waals surface area contributed by atoms with Crippen LogP contribution in [0.3, 0.4) is 0 Å². The van der Waals surface area contributed by atoms with Crippen molar-refractivity contribution >= 4 is 16.0 Å². The van der Waals surface area contributed by atoms with E-state index in [1.807, 2.05) is 32.9 Å². The highest BCUT2D eigenvalue weighted by Gasteiger charge is 2.24. The van der Waals surface area contributed by atoms with Crippen LogP contribution < -0.4 is 10.0 Å². The Balaban J connectivity index is 1.52. The van der Waals surface area contributed by atoms with Crippen molar-refractivity contribution in [1.29, 1.82) is 0 Å². The lowest BCUT2D eigenvalue weighted by Gasteiger charge is -2.16. The van der Waals surface area contributed by atoms with E-state index in [-0.39, 0.29) is 0 Å². The lowest BCUT2D eigenvalue weighted by atomic mass is 10.2. The van der Waals surface area contributed by atoms with Crippen LogP contribution in [0.5, 0.6) is 0 Å². The second-order valence-electron chi connectivity index (χ2n) is 6.42. The molecule has 0 bridgehead atoms. The minimum atomic E-state index is -3.37. The van der Waals surface area contributed by atoms with Gasteiger partial charge in [-0.2, -0.15) is 17.8 Å². The largest absolute Gasteiger partial charge is 0.367 e. The van der Waals surface area contributed by atoms with Gasteiger partial charge < -0.3 is 5.32 Å². The molecule has 1 aliphatic heterocycles. The van der Waals surface area contributed by atoms with E-state index in [4.69, 9.17) is 0 Å². The van der Waals surface area contributed by atoms with E-state index in [1.165, 1.54) is 4.31 Å². The molecule has 3 heterocycles. The molecule has 0 aliphatic carbocycles. The van der Waals surface area contributed by atoms with E-state index < -0.39 is 10.2 Å². The molecule has 0 amide bonds. The topological polar surface area (TPSA) is 105 Å². The molecule has 1 saturated heterocycles. The predicted octanol–water partition coefficient (Wildman–Crippen LogP) is 0.930. The highest BCUT2D eigenvalue weighted by atomic mass is 32.2.